The van der Waals surface area contributed by atoms with E-state index in [4.69, 9.17) is 11.6 Å². The number of fused-ring (bicyclic) bond motifs is 1. The molecule has 0 saturated carbocycles. The number of imide groups is 1. The molecular weight excluding hydrogens is 464 g/mol. The van der Waals surface area contributed by atoms with E-state index in [1.54, 1.807) is 0 Å². The third kappa shape index (κ3) is 5.63. The van der Waals surface area contributed by atoms with E-state index >= 15 is 0 Å². The number of alkyl carbamates (subject to hydrolysis) is 1. The Morgan fingerprint density at radius 3 is 2.55 bits per heavy atom. The van der Waals surface area contributed by atoms with Gasteiger partial charge in [0, 0.05) is 16.3 Å². The Hall–Kier alpha value is -2.43. The third-order valence-corrected chi connectivity index (χ3v) is 8.07. The number of thiophene rings is 1. The summed E-state index contributed by atoms with van der Waals surface area (Å²) in [5, 5.41) is 5.62. The van der Waals surface area contributed by atoms with Crippen molar-refractivity contribution in [2.75, 3.05) is 18.2 Å². The molecule has 3 rings (SSSR count). The van der Waals surface area contributed by atoms with E-state index < -0.39 is 27.7 Å². The number of carbonyl (C=O) groups is 3. The van der Waals surface area contributed by atoms with Gasteiger partial charge in [0.1, 0.15) is 5.00 Å². The van der Waals surface area contributed by atoms with E-state index in [9.17, 15) is 22.8 Å². The molecule has 166 valence electrons. The fourth-order valence-corrected chi connectivity index (χ4v) is 6.05. The zero-order valence-corrected chi connectivity index (χ0v) is 19.1. The molecule has 1 aromatic carbocycles. The number of nitrogens with one attached hydrogen (secondary N) is 2. The van der Waals surface area contributed by atoms with Crippen molar-refractivity contribution in [3.05, 3.63) is 45.3 Å². The fraction of sp³-hybridized carbons (Fsp3) is 0.350. The van der Waals surface area contributed by atoms with Crippen LogP contribution in [0.15, 0.2) is 29.2 Å². The number of hydrogen-bond acceptors (Lipinski definition) is 7. The number of hydrogen-bond donors (Lipinski definition) is 2. The maximum atomic E-state index is 12.5. The Bertz CT molecular complexity index is 1110. The van der Waals surface area contributed by atoms with Gasteiger partial charge in [-0.2, -0.15) is 0 Å². The molecule has 0 spiro atoms. The van der Waals surface area contributed by atoms with Gasteiger partial charge in [-0.1, -0.05) is 11.6 Å². The molecule has 0 bridgehead atoms. The number of rotatable bonds is 7. The van der Waals surface area contributed by atoms with E-state index in [1.165, 1.54) is 35.6 Å². The number of aryl methyl sites for hydroxylation is 1. The highest BCUT2D eigenvalue weighted by atomic mass is 35.5. The summed E-state index contributed by atoms with van der Waals surface area (Å²) >= 11 is 7.08. The SMILES string of the molecule is COC(=O)NC(=O)c1c(NC(=O)CCCS(=O)(=O)c2ccc(Cl)cc2)sc2c1CCC2. The molecule has 1 aliphatic rings. The molecule has 1 aliphatic carbocycles. The quantitative estimate of drug-likeness (QED) is 0.620. The van der Waals surface area contributed by atoms with Crippen LogP contribution in [-0.2, 0) is 32.2 Å². The van der Waals surface area contributed by atoms with Gasteiger partial charge < -0.3 is 10.1 Å². The highest BCUT2D eigenvalue weighted by molar-refractivity contribution is 7.91. The van der Waals surface area contributed by atoms with Crippen LogP contribution in [0.1, 0.15) is 40.1 Å². The van der Waals surface area contributed by atoms with Gasteiger partial charge in [0.05, 0.1) is 23.3 Å². The lowest BCUT2D eigenvalue weighted by Gasteiger charge is -2.09. The largest absolute Gasteiger partial charge is 0.453 e. The number of carbonyl (C=O) groups excluding carboxylic acids is 3. The van der Waals surface area contributed by atoms with Crippen molar-refractivity contribution in [1.82, 2.24) is 5.32 Å². The molecule has 3 amide bonds. The molecule has 1 heterocycles. The van der Waals surface area contributed by atoms with Gasteiger partial charge in [0.25, 0.3) is 5.91 Å². The molecule has 0 unspecified atom stereocenters. The smallest absolute Gasteiger partial charge is 0.413 e. The van der Waals surface area contributed by atoms with Gasteiger partial charge in [0.15, 0.2) is 9.84 Å². The first kappa shape index (κ1) is 23.2. The van der Waals surface area contributed by atoms with Crippen LogP contribution in [0.25, 0.3) is 0 Å². The maximum absolute atomic E-state index is 12.5. The molecule has 0 saturated heterocycles. The predicted molar refractivity (Wildman–Crippen MR) is 118 cm³/mol. The van der Waals surface area contributed by atoms with Crippen molar-refractivity contribution in [3.8, 4) is 0 Å². The summed E-state index contributed by atoms with van der Waals surface area (Å²) in [6.07, 6.45) is 1.58. The average Bonchev–Trinajstić information content (AvgIpc) is 3.28. The van der Waals surface area contributed by atoms with Crippen molar-refractivity contribution in [1.29, 1.82) is 0 Å². The van der Waals surface area contributed by atoms with Crippen molar-refractivity contribution in [2.24, 2.45) is 0 Å². The van der Waals surface area contributed by atoms with Crippen molar-refractivity contribution in [2.45, 2.75) is 37.0 Å². The molecule has 2 aromatic rings. The summed E-state index contributed by atoms with van der Waals surface area (Å²) in [5.74, 6) is -1.23. The number of ether oxygens (including phenoxy) is 1. The van der Waals surface area contributed by atoms with Gasteiger partial charge in [-0.25, -0.2) is 13.2 Å². The standard InChI is InChI=1S/C20H21ClN2O6S2/c1-29-20(26)23-18(25)17-14-4-2-5-15(14)30-19(17)22-16(24)6-3-11-31(27,28)13-9-7-12(21)8-10-13/h7-10H,2-6,11H2,1H3,(H,22,24)(H,23,25,26). The Labute approximate surface area is 188 Å². The van der Waals surface area contributed by atoms with Crippen LogP contribution in [-0.4, -0.2) is 39.2 Å². The third-order valence-electron chi connectivity index (χ3n) is 4.79. The zero-order valence-electron chi connectivity index (χ0n) is 16.7. The minimum atomic E-state index is -3.53. The topological polar surface area (TPSA) is 119 Å². The van der Waals surface area contributed by atoms with E-state index in [0.717, 1.165) is 30.4 Å². The van der Waals surface area contributed by atoms with Gasteiger partial charge in [-0.05, 0) is 55.5 Å². The van der Waals surface area contributed by atoms with Gasteiger partial charge in [-0.3, -0.25) is 14.9 Å². The molecular formula is C20H21ClN2O6S2. The van der Waals surface area contributed by atoms with E-state index in [-0.39, 0.29) is 29.1 Å². The Balaban J connectivity index is 1.63. The first-order valence-electron chi connectivity index (χ1n) is 9.53. The maximum Gasteiger partial charge on any atom is 0.413 e. The van der Waals surface area contributed by atoms with E-state index in [1.807, 2.05) is 0 Å². The summed E-state index contributed by atoms with van der Waals surface area (Å²) in [6.45, 7) is 0. The second-order valence-electron chi connectivity index (χ2n) is 6.93. The summed E-state index contributed by atoms with van der Waals surface area (Å²) in [6, 6.07) is 5.85. The summed E-state index contributed by atoms with van der Waals surface area (Å²) in [5.41, 5.74) is 1.09. The molecule has 0 fully saturated rings. The highest BCUT2D eigenvalue weighted by Crippen LogP contribution is 2.39. The average molecular weight is 485 g/mol. The molecule has 31 heavy (non-hydrogen) atoms. The second kappa shape index (κ2) is 9.80. The van der Waals surface area contributed by atoms with Crippen LogP contribution in [0.5, 0.6) is 0 Å². The van der Waals surface area contributed by atoms with Gasteiger partial charge in [-0.15, -0.1) is 11.3 Å². The first-order valence-corrected chi connectivity index (χ1v) is 12.4. The van der Waals surface area contributed by atoms with Crippen molar-refractivity contribution < 1.29 is 27.5 Å². The van der Waals surface area contributed by atoms with Crippen molar-refractivity contribution >= 4 is 55.7 Å². The molecule has 8 nitrogen and oxygen atoms in total. The number of halogens is 1. The van der Waals surface area contributed by atoms with Crippen LogP contribution >= 0.6 is 22.9 Å². The summed E-state index contributed by atoms with van der Waals surface area (Å²) in [7, 11) is -2.38. The Morgan fingerprint density at radius 2 is 1.87 bits per heavy atom. The van der Waals surface area contributed by atoms with Gasteiger partial charge in [0.2, 0.25) is 5.91 Å². The number of sulfone groups is 1. The lowest BCUT2D eigenvalue weighted by Crippen LogP contribution is -2.31. The number of benzene rings is 1. The molecule has 0 atom stereocenters. The lowest BCUT2D eigenvalue weighted by molar-refractivity contribution is -0.116. The van der Waals surface area contributed by atoms with Gasteiger partial charge >= 0.3 is 6.09 Å². The van der Waals surface area contributed by atoms with Crippen LogP contribution in [0.3, 0.4) is 0 Å². The van der Waals surface area contributed by atoms with E-state index in [0.29, 0.717) is 16.4 Å². The lowest BCUT2D eigenvalue weighted by atomic mass is 10.1. The molecule has 11 heteroatoms. The van der Waals surface area contributed by atoms with E-state index in [2.05, 4.69) is 15.4 Å². The van der Waals surface area contributed by atoms with Crippen LogP contribution in [0.2, 0.25) is 5.02 Å². The van der Waals surface area contributed by atoms with Crippen molar-refractivity contribution in [3.63, 3.8) is 0 Å². The second-order valence-corrected chi connectivity index (χ2v) is 10.6. The number of anilines is 1. The molecule has 0 aliphatic heterocycles. The summed E-state index contributed by atoms with van der Waals surface area (Å²) < 4.78 is 29.2. The monoisotopic (exact) mass is 484 g/mol. The Kier molecular flexibility index (Phi) is 7.34. The highest BCUT2D eigenvalue weighted by Gasteiger charge is 2.28. The minimum Gasteiger partial charge on any atom is -0.453 e. The number of methoxy groups -OCH3 is 1. The fourth-order valence-electron chi connectivity index (χ4n) is 3.31. The molecule has 2 N–H and O–H groups in total. The number of amides is 3. The Morgan fingerprint density at radius 1 is 1.16 bits per heavy atom. The molecule has 1 aromatic heterocycles. The zero-order chi connectivity index (χ0) is 22.6. The summed E-state index contributed by atoms with van der Waals surface area (Å²) in [4.78, 5) is 37.5. The molecule has 0 radical (unpaired) electrons. The first-order chi connectivity index (χ1) is 14.7. The van der Waals surface area contributed by atoms with Crippen LogP contribution in [0.4, 0.5) is 9.80 Å². The van der Waals surface area contributed by atoms with Crippen LogP contribution < -0.4 is 10.6 Å². The minimum absolute atomic E-state index is 0.0343. The van der Waals surface area contributed by atoms with Crippen LogP contribution in [0, 0.1) is 0 Å². The predicted octanol–water partition coefficient (Wildman–Crippen LogP) is 3.58. The normalized spacial score (nSPS) is 12.8.